The molecule has 1 atom stereocenters. The number of aromatic nitrogens is 1. The van der Waals surface area contributed by atoms with Gasteiger partial charge in [-0.15, -0.1) is 0 Å². The molecule has 1 heterocycles. The highest BCUT2D eigenvalue weighted by Gasteiger charge is 2.19. The van der Waals surface area contributed by atoms with Gasteiger partial charge in [-0.2, -0.15) is 0 Å². The third-order valence-corrected chi connectivity index (χ3v) is 3.06. The first-order valence-corrected chi connectivity index (χ1v) is 7.04. The zero-order valence-electron chi connectivity index (χ0n) is 12.5. The molecule has 0 saturated carbocycles. The van der Waals surface area contributed by atoms with Crippen molar-refractivity contribution in [1.82, 2.24) is 4.98 Å². The number of benzene rings is 1. The Hall–Kier alpha value is -1.96. The second-order valence-electron chi connectivity index (χ2n) is 6.22. The first kappa shape index (κ1) is 14.4. The van der Waals surface area contributed by atoms with Gasteiger partial charge in [-0.05, 0) is 29.5 Å². The van der Waals surface area contributed by atoms with Gasteiger partial charge in [0, 0.05) is 12.4 Å². The number of aliphatic imine (C=N–C) groups is 1. The van der Waals surface area contributed by atoms with Crippen LogP contribution < -0.4 is 0 Å². The van der Waals surface area contributed by atoms with Crippen molar-refractivity contribution in [3.63, 3.8) is 0 Å². The van der Waals surface area contributed by atoms with Gasteiger partial charge in [0.05, 0.1) is 11.7 Å². The van der Waals surface area contributed by atoms with Gasteiger partial charge in [-0.3, -0.25) is 9.98 Å². The molecule has 0 amide bonds. The summed E-state index contributed by atoms with van der Waals surface area (Å²) in [6.07, 6.45) is 4.69. The van der Waals surface area contributed by atoms with Crippen molar-refractivity contribution in [2.45, 2.75) is 33.2 Å². The van der Waals surface area contributed by atoms with Crippen LogP contribution in [-0.4, -0.2) is 11.2 Å². The molecule has 0 spiro atoms. The summed E-state index contributed by atoms with van der Waals surface area (Å²) in [7, 11) is 0. The number of hydrogen-bond donors (Lipinski definition) is 0. The van der Waals surface area contributed by atoms with Gasteiger partial charge >= 0.3 is 0 Å². The van der Waals surface area contributed by atoms with Crippen molar-refractivity contribution in [3.8, 4) is 0 Å². The Kier molecular flexibility index (Phi) is 4.67. The molecule has 104 valence electrons. The third-order valence-electron chi connectivity index (χ3n) is 3.06. The first-order valence-electron chi connectivity index (χ1n) is 7.04. The van der Waals surface area contributed by atoms with Crippen molar-refractivity contribution < 1.29 is 0 Å². The number of hydrogen-bond acceptors (Lipinski definition) is 2. The van der Waals surface area contributed by atoms with Crippen LogP contribution in [0.3, 0.4) is 0 Å². The van der Waals surface area contributed by atoms with Crippen LogP contribution in [0.1, 0.15) is 44.5 Å². The van der Waals surface area contributed by atoms with E-state index in [-0.39, 0.29) is 11.5 Å². The minimum Gasteiger partial charge on any atom is -0.283 e. The van der Waals surface area contributed by atoms with E-state index in [1.807, 2.05) is 30.5 Å². The molecule has 0 N–H and O–H groups in total. The summed E-state index contributed by atoms with van der Waals surface area (Å²) < 4.78 is 0. The lowest BCUT2D eigenvalue weighted by Gasteiger charge is -2.23. The van der Waals surface area contributed by atoms with Crippen molar-refractivity contribution in [3.05, 3.63) is 66.0 Å². The fourth-order valence-corrected chi connectivity index (χ4v) is 2.13. The molecule has 2 aromatic rings. The minimum absolute atomic E-state index is 0.179. The average Bonchev–Trinajstić information content (AvgIpc) is 2.44. The lowest BCUT2D eigenvalue weighted by molar-refractivity contribution is 0.344. The van der Waals surface area contributed by atoms with Gasteiger partial charge in [-0.1, -0.05) is 57.2 Å². The minimum atomic E-state index is 0.179. The molecule has 0 aliphatic heterocycles. The maximum absolute atomic E-state index is 4.76. The maximum Gasteiger partial charge on any atom is 0.0808 e. The SMILES string of the molecule is CC(C)(C)CC(N=Cc1ccccn1)c1ccccc1. The summed E-state index contributed by atoms with van der Waals surface area (Å²) >= 11 is 0. The quantitative estimate of drug-likeness (QED) is 0.738. The van der Waals surface area contributed by atoms with Gasteiger partial charge in [-0.25, -0.2) is 0 Å². The Balaban J connectivity index is 2.21. The van der Waals surface area contributed by atoms with Gasteiger partial charge in [0.15, 0.2) is 0 Å². The molecule has 0 saturated heterocycles. The summed E-state index contributed by atoms with van der Waals surface area (Å²) in [6.45, 7) is 6.75. The largest absolute Gasteiger partial charge is 0.283 e. The summed E-state index contributed by atoms with van der Waals surface area (Å²) in [6, 6.07) is 16.5. The monoisotopic (exact) mass is 266 g/mol. The molecule has 0 bridgehead atoms. The van der Waals surface area contributed by atoms with Crippen molar-refractivity contribution in [1.29, 1.82) is 0 Å². The summed E-state index contributed by atoms with van der Waals surface area (Å²) in [5.41, 5.74) is 2.40. The van der Waals surface area contributed by atoms with E-state index >= 15 is 0 Å². The summed E-state index contributed by atoms with van der Waals surface area (Å²) in [5, 5.41) is 0. The Morgan fingerprint density at radius 3 is 2.35 bits per heavy atom. The van der Waals surface area contributed by atoms with Crippen LogP contribution in [0.15, 0.2) is 59.7 Å². The number of pyridine rings is 1. The molecule has 0 radical (unpaired) electrons. The Morgan fingerprint density at radius 2 is 1.75 bits per heavy atom. The van der Waals surface area contributed by atoms with Crippen LogP contribution >= 0.6 is 0 Å². The topological polar surface area (TPSA) is 25.2 Å². The molecule has 2 heteroatoms. The molecule has 0 aliphatic rings. The van der Waals surface area contributed by atoms with Crippen molar-refractivity contribution >= 4 is 6.21 Å². The lowest BCUT2D eigenvalue weighted by atomic mass is 9.86. The van der Waals surface area contributed by atoms with Crippen LogP contribution in [0.2, 0.25) is 0 Å². The molecule has 1 aromatic heterocycles. The molecule has 2 rings (SSSR count). The summed E-state index contributed by atoms with van der Waals surface area (Å²) in [5.74, 6) is 0. The predicted molar refractivity (Wildman–Crippen MR) is 85.1 cm³/mol. The van der Waals surface area contributed by atoms with E-state index in [0.29, 0.717) is 0 Å². The third kappa shape index (κ3) is 4.61. The second kappa shape index (κ2) is 6.47. The van der Waals surface area contributed by atoms with E-state index in [9.17, 15) is 0 Å². The first-order chi connectivity index (χ1) is 9.54. The normalized spacial score (nSPS) is 13.6. The summed E-state index contributed by atoms with van der Waals surface area (Å²) in [4.78, 5) is 9.05. The zero-order chi connectivity index (χ0) is 14.4. The molecular weight excluding hydrogens is 244 g/mol. The van der Waals surface area contributed by atoms with Gasteiger partial charge in [0.1, 0.15) is 0 Å². The van der Waals surface area contributed by atoms with Gasteiger partial charge in [0.2, 0.25) is 0 Å². The van der Waals surface area contributed by atoms with Crippen LogP contribution in [0, 0.1) is 5.41 Å². The van der Waals surface area contributed by atoms with E-state index in [4.69, 9.17) is 4.99 Å². The van der Waals surface area contributed by atoms with E-state index in [1.54, 1.807) is 6.20 Å². The van der Waals surface area contributed by atoms with Crippen molar-refractivity contribution in [2.75, 3.05) is 0 Å². The second-order valence-corrected chi connectivity index (χ2v) is 6.22. The Bertz CT molecular complexity index is 539. The van der Waals surface area contributed by atoms with E-state index in [2.05, 4.69) is 50.0 Å². The predicted octanol–water partition coefficient (Wildman–Crippen LogP) is 4.68. The average molecular weight is 266 g/mol. The zero-order valence-corrected chi connectivity index (χ0v) is 12.5. The van der Waals surface area contributed by atoms with Crippen LogP contribution in [0.5, 0.6) is 0 Å². The maximum atomic E-state index is 4.76. The standard InChI is InChI=1S/C18H22N2/c1-18(2,3)13-17(15-9-5-4-6-10-15)20-14-16-11-7-8-12-19-16/h4-12,14,17H,13H2,1-3H3. The van der Waals surface area contributed by atoms with Crippen LogP contribution in [0.4, 0.5) is 0 Å². The molecule has 0 fully saturated rings. The van der Waals surface area contributed by atoms with E-state index < -0.39 is 0 Å². The molecule has 2 nitrogen and oxygen atoms in total. The highest BCUT2D eigenvalue weighted by Crippen LogP contribution is 2.31. The lowest BCUT2D eigenvalue weighted by Crippen LogP contribution is -2.11. The Labute approximate surface area is 121 Å². The number of nitrogens with zero attached hydrogens (tertiary/aromatic N) is 2. The van der Waals surface area contributed by atoms with Crippen LogP contribution in [-0.2, 0) is 0 Å². The molecule has 0 aliphatic carbocycles. The van der Waals surface area contributed by atoms with E-state index in [0.717, 1.165) is 12.1 Å². The van der Waals surface area contributed by atoms with Gasteiger partial charge in [0.25, 0.3) is 0 Å². The smallest absolute Gasteiger partial charge is 0.0808 e. The Morgan fingerprint density at radius 1 is 1.05 bits per heavy atom. The fraction of sp³-hybridized carbons (Fsp3) is 0.333. The van der Waals surface area contributed by atoms with Crippen molar-refractivity contribution in [2.24, 2.45) is 10.4 Å². The number of rotatable bonds is 4. The molecule has 1 aromatic carbocycles. The molecule has 1 unspecified atom stereocenters. The highest BCUT2D eigenvalue weighted by molar-refractivity contribution is 5.76. The van der Waals surface area contributed by atoms with Gasteiger partial charge < -0.3 is 0 Å². The fourth-order valence-electron chi connectivity index (χ4n) is 2.13. The van der Waals surface area contributed by atoms with E-state index in [1.165, 1.54) is 5.56 Å². The van der Waals surface area contributed by atoms with Crippen LogP contribution in [0.25, 0.3) is 0 Å². The molecule has 20 heavy (non-hydrogen) atoms. The molecular formula is C18H22N2. The highest BCUT2D eigenvalue weighted by atomic mass is 14.8.